The number of rotatable bonds is 9. The summed E-state index contributed by atoms with van der Waals surface area (Å²) in [6.07, 6.45) is 0.552. The third-order valence-corrected chi connectivity index (χ3v) is 5.78. The monoisotopic (exact) mass is 491 g/mol. The zero-order valence-electron chi connectivity index (χ0n) is 16.1. The maximum atomic E-state index is 12.5. The van der Waals surface area contributed by atoms with E-state index in [1.807, 2.05) is 6.92 Å². The fraction of sp³-hybridized carbons (Fsp3) is 0.300. The van der Waals surface area contributed by atoms with Gasteiger partial charge in [0.2, 0.25) is 11.8 Å². The van der Waals surface area contributed by atoms with E-state index in [1.54, 1.807) is 29.2 Å². The van der Waals surface area contributed by atoms with Crippen molar-refractivity contribution in [1.29, 1.82) is 0 Å². The van der Waals surface area contributed by atoms with E-state index in [2.05, 4.69) is 10.6 Å². The highest BCUT2D eigenvalue weighted by Gasteiger charge is 2.22. The van der Waals surface area contributed by atoms with E-state index in [0.29, 0.717) is 37.9 Å². The molecule has 1 atom stereocenters. The summed E-state index contributed by atoms with van der Waals surface area (Å²) in [6.45, 7) is 1.46. The summed E-state index contributed by atoms with van der Waals surface area (Å²) in [5.41, 5.74) is 0.957. The molecule has 0 aliphatic carbocycles. The Kier molecular flexibility index (Phi) is 9.68. The molecule has 0 aliphatic heterocycles. The number of halogens is 4. The Bertz CT molecular complexity index is 839. The summed E-state index contributed by atoms with van der Waals surface area (Å²) < 4.78 is 0. The highest BCUT2D eigenvalue weighted by molar-refractivity contribution is 6.42. The normalized spacial score (nSPS) is 12.0. The highest BCUT2D eigenvalue weighted by Crippen LogP contribution is 2.26. The topological polar surface area (TPSA) is 81.7 Å². The van der Waals surface area contributed by atoms with E-state index >= 15 is 0 Å². The van der Waals surface area contributed by atoms with Gasteiger partial charge in [-0.1, -0.05) is 53.3 Å². The van der Waals surface area contributed by atoms with Crippen molar-refractivity contribution in [3.63, 3.8) is 0 Å². The number of nitrogens with zero attached hydrogens (tertiary/aromatic N) is 1. The van der Waals surface area contributed by atoms with Crippen LogP contribution in [0.4, 0.5) is 11.4 Å². The van der Waals surface area contributed by atoms with Gasteiger partial charge in [0.25, 0.3) is 0 Å². The van der Waals surface area contributed by atoms with E-state index in [-0.39, 0.29) is 37.6 Å². The molecule has 2 aromatic carbocycles. The number of benzene rings is 2. The van der Waals surface area contributed by atoms with Gasteiger partial charge in [-0.3, -0.25) is 14.5 Å². The van der Waals surface area contributed by atoms with Gasteiger partial charge < -0.3 is 15.7 Å². The Labute approximate surface area is 195 Å². The molecule has 0 saturated heterocycles. The summed E-state index contributed by atoms with van der Waals surface area (Å²) in [6, 6.07) is 9.09. The van der Waals surface area contributed by atoms with Crippen LogP contribution in [0.15, 0.2) is 36.4 Å². The van der Waals surface area contributed by atoms with Gasteiger partial charge in [0, 0.05) is 17.4 Å². The predicted molar refractivity (Wildman–Crippen MR) is 123 cm³/mol. The lowest BCUT2D eigenvalue weighted by Gasteiger charge is -2.28. The molecule has 3 N–H and O–H groups in total. The molecule has 0 fully saturated rings. The molecule has 0 saturated carbocycles. The smallest absolute Gasteiger partial charge is 0.238 e. The SMILES string of the molecule is CC[C@@H](CO)N(CC(=O)Nc1ccc(Cl)c(Cl)c1)CC(=O)Nc1ccc(Cl)c(Cl)c1. The molecule has 0 aliphatic rings. The van der Waals surface area contributed by atoms with Crippen molar-refractivity contribution in [3.05, 3.63) is 56.5 Å². The largest absolute Gasteiger partial charge is 0.395 e. The molecule has 6 nitrogen and oxygen atoms in total. The number of carbonyl (C=O) groups is 2. The van der Waals surface area contributed by atoms with Crippen LogP contribution in [-0.4, -0.2) is 47.6 Å². The lowest BCUT2D eigenvalue weighted by Crippen LogP contribution is -2.46. The Morgan fingerprint density at radius 3 is 1.63 bits per heavy atom. The minimum atomic E-state index is -0.371. The number of aliphatic hydroxyl groups is 1. The third-order valence-electron chi connectivity index (χ3n) is 4.30. The molecule has 0 radical (unpaired) electrons. The minimum absolute atomic E-state index is 0.103. The summed E-state index contributed by atoms with van der Waals surface area (Å²) in [5, 5.41) is 16.5. The molecule has 0 heterocycles. The van der Waals surface area contributed by atoms with Crippen molar-refractivity contribution in [2.24, 2.45) is 0 Å². The standard InChI is InChI=1S/C20H21Cl4N3O3/c1-2-14(11-28)27(9-19(29)25-12-3-5-15(21)17(23)7-12)10-20(30)26-13-4-6-16(22)18(24)8-13/h3-8,14,28H,2,9-11H2,1H3,(H,25,29)(H,26,30)/t14-/m0/s1. The number of amides is 2. The summed E-state index contributed by atoms with van der Waals surface area (Å²) in [4.78, 5) is 26.6. The third kappa shape index (κ3) is 7.30. The first-order chi connectivity index (χ1) is 14.2. The van der Waals surface area contributed by atoms with Gasteiger partial charge >= 0.3 is 0 Å². The zero-order valence-corrected chi connectivity index (χ0v) is 19.1. The van der Waals surface area contributed by atoms with Gasteiger partial charge in [0.05, 0.1) is 39.8 Å². The van der Waals surface area contributed by atoms with Gasteiger partial charge in [0.15, 0.2) is 0 Å². The van der Waals surface area contributed by atoms with Crippen LogP contribution in [0.5, 0.6) is 0 Å². The van der Waals surface area contributed by atoms with Crippen LogP contribution in [0.3, 0.4) is 0 Å². The van der Waals surface area contributed by atoms with Crippen LogP contribution in [0.25, 0.3) is 0 Å². The maximum Gasteiger partial charge on any atom is 0.238 e. The molecule has 10 heteroatoms. The fourth-order valence-corrected chi connectivity index (χ4v) is 3.33. The number of carbonyl (C=O) groups excluding carboxylic acids is 2. The molecule has 0 bridgehead atoms. The van der Waals surface area contributed by atoms with Crippen LogP contribution in [-0.2, 0) is 9.59 Å². The predicted octanol–water partition coefficient (Wildman–Crippen LogP) is 4.95. The second kappa shape index (κ2) is 11.7. The van der Waals surface area contributed by atoms with Gasteiger partial charge in [-0.05, 0) is 42.8 Å². The van der Waals surface area contributed by atoms with E-state index < -0.39 is 0 Å². The Balaban J connectivity index is 2.05. The molecule has 162 valence electrons. The van der Waals surface area contributed by atoms with Crippen molar-refractivity contribution in [2.45, 2.75) is 19.4 Å². The summed E-state index contributed by atoms with van der Waals surface area (Å²) in [7, 11) is 0. The molecule has 2 amide bonds. The van der Waals surface area contributed by atoms with E-state index in [9.17, 15) is 14.7 Å². The van der Waals surface area contributed by atoms with Crippen molar-refractivity contribution in [2.75, 3.05) is 30.3 Å². The lowest BCUT2D eigenvalue weighted by atomic mass is 10.2. The van der Waals surface area contributed by atoms with Crippen LogP contribution < -0.4 is 10.6 Å². The quantitative estimate of drug-likeness (QED) is 0.462. The highest BCUT2D eigenvalue weighted by atomic mass is 35.5. The van der Waals surface area contributed by atoms with E-state index in [4.69, 9.17) is 46.4 Å². The number of nitrogens with one attached hydrogen (secondary N) is 2. The minimum Gasteiger partial charge on any atom is -0.395 e. The van der Waals surface area contributed by atoms with Gasteiger partial charge in [-0.2, -0.15) is 0 Å². The van der Waals surface area contributed by atoms with Crippen molar-refractivity contribution < 1.29 is 14.7 Å². The Morgan fingerprint density at radius 1 is 0.867 bits per heavy atom. The van der Waals surface area contributed by atoms with Gasteiger partial charge in [0.1, 0.15) is 0 Å². The molecule has 0 unspecified atom stereocenters. The molecule has 0 aromatic heterocycles. The van der Waals surface area contributed by atoms with Crippen molar-refractivity contribution in [3.8, 4) is 0 Å². The molecular formula is C20H21Cl4N3O3. The van der Waals surface area contributed by atoms with Crippen LogP contribution >= 0.6 is 46.4 Å². The van der Waals surface area contributed by atoms with Gasteiger partial charge in [-0.25, -0.2) is 0 Å². The molecule has 2 rings (SSSR count). The average molecular weight is 493 g/mol. The average Bonchev–Trinajstić information content (AvgIpc) is 2.68. The second-order valence-corrected chi connectivity index (χ2v) is 8.13. The maximum absolute atomic E-state index is 12.5. The second-order valence-electron chi connectivity index (χ2n) is 6.50. The van der Waals surface area contributed by atoms with Crippen molar-refractivity contribution in [1.82, 2.24) is 4.90 Å². The number of aliphatic hydroxyl groups excluding tert-OH is 1. The first-order valence-electron chi connectivity index (χ1n) is 9.08. The first-order valence-corrected chi connectivity index (χ1v) is 10.6. The van der Waals surface area contributed by atoms with E-state index in [0.717, 1.165) is 0 Å². The zero-order chi connectivity index (χ0) is 22.3. The number of hydrogen-bond donors (Lipinski definition) is 3. The fourth-order valence-electron chi connectivity index (χ4n) is 2.73. The first kappa shape index (κ1) is 24.7. The molecule has 2 aromatic rings. The summed E-state index contributed by atoms with van der Waals surface area (Å²) in [5.74, 6) is -0.717. The van der Waals surface area contributed by atoms with Crippen LogP contribution in [0, 0.1) is 0 Å². The number of hydrogen-bond acceptors (Lipinski definition) is 4. The lowest BCUT2D eigenvalue weighted by molar-refractivity contribution is -0.121. The van der Waals surface area contributed by atoms with Crippen LogP contribution in [0.2, 0.25) is 20.1 Å². The Hall–Kier alpha value is -1.54. The number of anilines is 2. The van der Waals surface area contributed by atoms with E-state index in [1.165, 1.54) is 12.1 Å². The van der Waals surface area contributed by atoms with Crippen LogP contribution in [0.1, 0.15) is 13.3 Å². The van der Waals surface area contributed by atoms with Crippen molar-refractivity contribution >= 4 is 69.6 Å². The Morgan fingerprint density at radius 2 is 1.30 bits per heavy atom. The summed E-state index contributed by atoms with van der Waals surface area (Å²) >= 11 is 23.7. The molecule has 30 heavy (non-hydrogen) atoms. The molecular weight excluding hydrogens is 472 g/mol. The van der Waals surface area contributed by atoms with Gasteiger partial charge in [-0.15, -0.1) is 0 Å². The molecule has 0 spiro atoms.